The van der Waals surface area contributed by atoms with Crippen LogP contribution in [0.1, 0.15) is 32.1 Å². The lowest BCUT2D eigenvalue weighted by molar-refractivity contribution is -0.139. The first kappa shape index (κ1) is 15.1. The minimum atomic E-state index is -1.06. The van der Waals surface area contributed by atoms with Crippen molar-refractivity contribution in [3.63, 3.8) is 0 Å². The van der Waals surface area contributed by atoms with Gasteiger partial charge in [0.05, 0.1) is 6.10 Å². The van der Waals surface area contributed by atoms with Crippen molar-refractivity contribution in [3.8, 4) is 0 Å². The summed E-state index contributed by atoms with van der Waals surface area (Å²) in [6, 6.07) is -1.22. The number of aliphatic carboxylic acids is 1. The van der Waals surface area contributed by atoms with Crippen molar-refractivity contribution in [2.45, 2.75) is 56.3 Å². The Bertz CT molecular complexity index is 362. The van der Waals surface area contributed by atoms with E-state index in [-0.39, 0.29) is 37.2 Å². The first-order valence-electron chi connectivity index (χ1n) is 7.01. The fraction of sp³-hybridized carbons (Fsp3) is 0.846. The van der Waals surface area contributed by atoms with E-state index in [4.69, 9.17) is 9.84 Å². The second kappa shape index (κ2) is 6.41. The third-order valence-corrected chi connectivity index (χ3v) is 4.15. The fourth-order valence-electron chi connectivity index (χ4n) is 3.20. The van der Waals surface area contributed by atoms with E-state index in [0.717, 1.165) is 12.8 Å². The van der Waals surface area contributed by atoms with Crippen molar-refractivity contribution in [2.75, 3.05) is 13.7 Å². The van der Waals surface area contributed by atoms with Crippen LogP contribution in [0, 0.1) is 0 Å². The Kier molecular flexibility index (Phi) is 4.82. The largest absolute Gasteiger partial charge is 0.480 e. The van der Waals surface area contributed by atoms with Gasteiger partial charge >= 0.3 is 12.0 Å². The number of aliphatic hydroxyl groups excluding tert-OH is 1. The molecular formula is C13H22N2O5. The third kappa shape index (κ3) is 3.21. The van der Waals surface area contributed by atoms with Gasteiger partial charge < -0.3 is 25.2 Å². The van der Waals surface area contributed by atoms with Gasteiger partial charge in [0.15, 0.2) is 0 Å². The van der Waals surface area contributed by atoms with Gasteiger partial charge in [-0.25, -0.2) is 9.59 Å². The Hall–Kier alpha value is -1.34. The van der Waals surface area contributed by atoms with Gasteiger partial charge in [0.25, 0.3) is 0 Å². The number of rotatable bonds is 5. The lowest BCUT2D eigenvalue weighted by Gasteiger charge is -2.37. The van der Waals surface area contributed by atoms with E-state index in [9.17, 15) is 14.7 Å². The maximum absolute atomic E-state index is 12.3. The number of amides is 2. The van der Waals surface area contributed by atoms with Crippen LogP contribution in [-0.2, 0) is 9.53 Å². The van der Waals surface area contributed by atoms with Gasteiger partial charge in [-0.2, -0.15) is 0 Å². The lowest BCUT2D eigenvalue weighted by Crippen LogP contribution is -2.55. The summed E-state index contributed by atoms with van der Waals surface area (Å²) < 4.78 is 4.86. The summed E-state index contributed by atoms with van der Waals surface area (Å²) in [7, 11) is 1.49. The van der Waals surface area contributed by atoms with Gasteiger partial charge in [-0.05, 0) is 25.7 Å². The van der Waals surface area contributed by atoms with Gasteiger partial charge in [-0.15, -0.1) is 0 Å². The number of methoxy groups -OCH3 is 1. The first-order valence-corrected chi connectivity index (χ1v) is 7.01. The third-order valence-electron chi connectivity index (χ3n) is 4.15. The zero-order valence-corrected chi connectivity index (χ0v) is 11.6. The number of nitrogens with zero attached hydrogens (tertiary/aromatic N) is 1. The van der Waals surface area contributed by atoms with Crippen LogP contribution >= 0.6 is 0 Å². The number of piperidine rings is 1. The summed E-state index contributed by atoms with van der Waals surface area (Å²) in [6.07, 6.45) is 2.82. The van der Waals surface area contributed by atoms with Gasteiger partial charge in [0.2, 0.25) is 0 Å². The zero-order chi connectivity index (χ0) is 14.7. The molecule has 2 aliphatic heterocycles. The van der Waals surface area contributed by atoms with Crippen LogP contribution in [0.4, 0.5) is 4.79 Å². The Balaban J connectivity index is 1.95. The van der Waals surface area contributed by atoms with Crippen molar-refractivity contribution in [2.24, 2.45) is 0 Å². The van der Waals surface area contributed by atoms with Crippen LogP contribution in [0.15, 0.2) is 0 Å². The smallest absolute Gasteiger partial charge is 0.326 e. The molecule has 20 heavy (non-hydrogen) atoms. The molecule has 0 aromatic carbocycles. The minimum absolute atomic E-state index is 0.0284. The second-order valence-electron chi connectivity index (χ2n) is 5.54. The number of carbonyl (C=O) groups is 2. The van der Waals surface area contributed by atoms with Crippen molar-refractivity contribution in [3.05, 3.63) is 0 Å². The number of carbonyl (C=O) groups excluding carboxylic acids is 1. The molecule has 0 aliphatic carbocycles. The molecule has 2 fully saturated rings. The number of carboxylic acid groups (broad SMARTS) is 1. The highest BCUT2D eigenvalue weighted by molar-refractivity contribution is 5.83. The number of hydrogen-bond donors (Lipinski definition) is 3. The lowest BCUT2D eigenvalue weighted by atomic mass is 10.0. The van der Waals surface area contributed by atoms with E-state index in [2.05, 4.69) is 5.32 Å². The predicted octanol–water partition coefficient (Wildman–Crippen LogP) is 0.173. The molecule has 0 radical (unpaired) electrons. The monoisotopic (exact) mass is 286 g/mol. The molecule has 2 amide bonds. The van der Waals surface area contributed by atoms with Crippen molar-refractivity contribution >= 4 is 12.0 Å². The summed E-state index contributed by atoms with van der Waals surface area (Å²) in [6.45, 7) is 0.281. The van der Waals surface area contributed by atoms with Gasteiger partial charge in [-0.3, -0.25) is 0 Å². The average molecular weight is 286 g/mol. The molecule has 2 aliphatic rings. The van der Waals surface area contributed by atoms with Crippen LogP contribution in [0.25, 0.3) is 0 Å². The van der Waals surface area contributed by atoms with Crippen LogP contribution in [0.2, 0.25) is 0 Å². The van der Waals surface area contributed by atoms with E-state index in [1.165, 1.54) is 7.11 Å². The van der Waals surface area contributed by atoms with Gasteiger partial charge in [-0.1, -0.05) is 0 Å². The summed E-state index contributed by atoms with van der Waals surface area (Å²) in [5.74, 6) is -1.06. The number of fused-ring (bicyclic) bond motifs is 2. The fourth-order valence-corrected chi connectivity index (χ4v) is 3.20. The molecule has 3 unspecified atom stereocenters. The Morgan fingerprint density at radius 1 is 1.35 bits per heavy atom. The number of nitrogens with one attached hydrogen (secondary N) is 1. The Morgan fingerprint density at radius 2 is 1.95 bits per heavy atom. The Morgan fingerprint density at radius 3 is 2.45 bits per heavy atom. The molecule has 7 nitrogen and oxygen atoms in total. The maximum atomic E-state index is 12.3. The second-order valence-corrected chi connectivity index (χ2v) is 5.54. The van der Waals surface area contributed by atoms with E-state index in [1.807, 2.05) is 0 Å². The van der Waals surface area contributed by atoms with Crippen LogP contribution < -0.4 is 5.32 Å². The molecule has 2 rings (SSSR count). The van der Waals surface area contributed by atoms with E-state index >= 15 is 0 Å². The number of aliphatic hydroxyl groups is 1. The van der Waals surface area contributed by atoms with Crippen molar-refractivity contribution in [1.82, 2.24) is 10.2 Å². The quantitative estimate of drug-likeness (QED) is 0.669. The normalized spacial score (nSPS) is 30.1. The summed E-state index contributed by atoms with van der Waals surface area (Å²) >= 11 is 0. The minimum Gasteiger partial charge on any atom is -0.480 e. The first-order chi connectivity index (χ1) is 9.52. The molecular weight excluding hydrogens is 264 g/mol. The molecule has 2 bridgehead atoms. The standard InChI is InChI=1S/C13H22N2O5/c1-20-5-4-11(12(17)18)14-13(19)15-8-2-3-9(15)7-10(16)6-8/h8-11,16H,2-7H2,1H3,(H,14,19)(H,17,18). The van der Waals surface area contributed by atoms with Crippen molar-refractivity contribution in [1.29, 1.82) is 0 Å². The molecule has 7 heteroatoms. The molecule has 114 valence electrons. The number of urea groups is 1. The number of hydrogen-bond acceptors (Lipinski definition) is 4. The van der Waals surface area contributed by atoms with E-state index in [0.29, 0.717) is 12.8 Å². The molecule has 0 aromatic rings. The molecule has 0 aromatic heterocycles. The molecule has 2 heterocycles. The maximum Gasteiger partial charge on any atom is 0.326 e. The number of carboxylic acids is 1. The van der Waals surface area contributed by atoms with Gasteiger partial charge in [0, 0.05) is 32.2 Å². The zero-order valence-electron chi connectivity index (χ0n) is 11.6. The SMILES string of the molecule is COCCC(NC(=O)N1C2CCC1CC(O)C2)C(=O)O. The molecule has 3 N–H and O–H groups in total. The molecule has 0 spiro atoms. The molecule has 3 atom stereocenters. The summed E-state index contributed by atoms with van der Waals surface area (Å²) in [4.78, 5) is 25.1. The summed E-state index contributed by atoms with van der Waals surface area (Å²) in [5, 5.41) is 21.4. The highest BCUT2D eigenvalue weighted by Crippen LogP contribution is 2.35. The molecule has 2 saturated heterocycles. The highest BCUT2D eigenvalue weighted by atomic mass is 16.5. The van der Waals surface area contributed by atoms with E-state index < -0.39 is 12.0 Å². The number of ether oxygens (including phenoxy) is 1. The van der Waals surface area contributed by atoms with Crippen LogP contribution in [-0.4, -0.2) is 65.1 Å². The highest BCUT2D eigenvalue weighted by Gasteiger charge is 2.43. The van der Waals surface area contributed by atoms with E-state index in [1.54, 1.807) is 4.90 Å². The van der Waals surface area contributed by atoms with Crippen LogP contribution in [0.3, 0.4) is 0 Å². The van der Waals surface area contributed by atoms with Crippen LogP contribution in [0.5, 0.6) is 0 Å². The molecule has 0 saturated carbocycles. The Labute approximate surface area is 117 Å². The predicted molar refractivity (Wildman–Crippen MR) is 70.3 cm³/mol. The van der Waals surface area contributed by atoms with Gasteiger partial charge in [0.1, 0.15) is 6.04 Å². The average Bonchev–Trinajstić information content (AvgIpc) is 2.66. The summed E-state index contributed by atoms with van der Waals surface area (Å²) in [5.41, 5.74) is 0. The topological polar surface area (TPSA) is 99.1 Å². The van der Waals surface area contributed by atoms with Crippen molar-refractivity contribution < 1.29 is 24.5 Å².